The number of fused-ring (bicyclic) bond motifs is 2. The van der Waals surface area contributed by atoms with E-state index in [2.05, 4.69) is 5.32 Å². The van der Waals surface area contributed by atoms with Crippen LogP contribution in [0.25, 0.3) is 5.57 Å². The minimum atomic E-state index is -1.12. The predicted molar refractivity (Wildman–Crippen MR) is 113 cm³/mol. The monoisotopic (exact) mass is 418 g/mol. The van der Waals surface area contributed by atoms with E-state index in [0.29, 0.717) is 5.57 Å². The quantitative estimate of drug-likeness (QED) is 0.729. The number of rotatable bonds is 5. The molecule has 0 unspecified atom stereocenters. The Balaban J connectivity index is 1.37. The van der Waals surface area contributed by atoms with Crippen molar-refractivity contribution in [3.8, 4) is 0 Å². The maximum absolute atomic E-state index is 12.7. The maximum Gasteiger partial charge on any atom is 0.352 e. The molecular formula is C23H18N2O4S. The first-order chi connectivity index (χ1) is 14.5. The summed E-state index contributed by atoms with van der Waals surface area (Å²) in [5, 5.41) is 12.0. The lowest BCUT2D eigenvalue weighted by Gasteiger charge is -2.53. The van der Waals surface area contributed by atoms with E-state index >= 15 is 0 Å². The van der Waals surface area contributed by atoms with E-state index in [1.807, 2.05) is 66.7 Å². The number of nitrogens with one attached hydrogen (secondary N) is 1. The van der Waals surface area contributed by atoms with Crippen molar-refractivity contribution in [2.24, 2.45) is 0 Å². The molecule has 5 rings (SSSR count). The van der Waals surface area contributed by atoms with Crippen LogP contribution < -0.4 is 5.32 Å². The fraction of sp³-hybridized carbons (Fsp3) is 0.174. The number of amides is 2. The summed E-state index contributed by atoms with van der Waals surface area (Å²) in [6.07, 6.45) is 2.02. The van der Waals surface area contributed by atoms with Gasteiger partial charge in [-0.2, -0.15) is 0 Å². The molecule has 2 N–H and O–H groups in total. The second-order valence-electron chi connectivity index (χ2n) is 7.40. The molecule has 0 aromatic heterocycles. The third-order valence-electron chi connectivity index (χ3n) is 5.54. The van der Waals surface area contributed by atoms with Gasteiger partial charge < -0.3 is 10.4 Å². The molecule has 0 radical (unpaired) electrons. The van der Waals surface area contributed by atoms with Crippen LogP contribution in [0, 0.1) is 0 Å². The molecule has 1 fully saturated rings. The molecule has 0 saturated carbocycles. The van der Waals surface area contributed by atoms with Crippen LogP contribution in [0.15, 0.2) is 78.0 Å². The fourth-order valence-electron chi connectivity index (χ4n) is 4.08. The van der Waals surface area contributed by atoms with Crippen LogP contribution >= 0.6 is 11.8 Å². The van der Waals surface area contributed by atoms with Crippen molar-refractivity contribution in [1.29, 1.82) is 0 Å². The minimum Gasteiger partial charge on any atom is -0.477 e. The number of carbonyl (C=O) groups excluding carboxylic acids is 2. The van der Waals surface area contributed by atoms with Gasteiger partial charge in [-0.3, -0.25) is 14.5 Å². The van der Waals surface area contributed by atoms with Crippen molar-refractivity contribution in [2.75, 3.05) is 0 Å². The first-order valence-electron chi connectivity index (χ1n) is 9.61. The number of nitrogens with zero attached hydrogens (tertiary/aromatic N) is 1. The summed E-state index contributed by atoms with van der Waals surface area (Å²) < 4.78 is 0. The van der Waals surface area contributed by atoms with Gasteiger partial charge >= 0.3 is 5.97 Å². The third-order valence-corrected chi connectivity index (χ3v) is 7.08. The normalized spacial score (nSPS) is 24.1. The Hall–Kier alpha value is -3.32. The second kappa shape index (κ2) is 7.18. The van der Waals surface area contributed by atoms with Crippen molar-refractivity contribution < 1.29 is 19.5 Å². The molecule has 3 aliphatic rings. The van der Waals surface area contributed by atoms with Crippen molar-refractivity contribution in [2.45, 2.75) is 23.1 Å². The number of hydrogen-bond donors (Lipinski definition) is 2. The molecule has 2 aliphatic heterocycles. The van der Waals surface area contributed by atoms with E-state index in [1.165, 1.54) is 16.7 Å². The summed E-state index contributed by atoms with van der Waals surface area (Å²) in [6.45, 7) is 0. The molecular weight excluding hydrogens is 400 g/mol. The van der Waals surface area contributed by atoms with E-state index in [4.69, 9.17) is 0 Å². The SMILES string of the molecule is O=C(Cc1ccccc1)N[C@@H]1C(=O)N2C(C(=O)O)=C3C=C(c4ccccc4)[C@H]3S[C@H]12. The summed E-state index contributed by atoms with van der Waals surface area (Å²) in [5.74, 6) is -1.75. The number of hydrogen-bond acceptors (Lipinski definition) is 4. The molecule has 150 valence electrons. The van der Waals surface area contributed by atoms with Crippen molar-refractivity contribution in [1.82, 2.24) is 10.2 Å². The first kappa shape index (κ1) is 18.7. The number of benzene rings is 2. The number of carboxylic acids is 1. The van der Waals surface area contributed by atoms with Gasteiger partial charge in [-0.1, -0.05) is 60.7 Å². The lowest BCUT2D eigenvalue weighted by molar-refractivity contribution is -0.150. The van der Waals surface area contributed by atoms with Gasteiger partial charge in [-0.05, 0) is 22.8 Å². The first-order valence-corrected chi connectivity index (χ1v) is 10.5. The van der Waals surface area contributed by atoms with Gasteiger partial charge in [-0.25, -0.2) is 4.79 Å². The van der Waals surface area contributed by atoms with Crippen LogP contribution in [0.4, 0.5) is 0 Å². The molecule has 6 nitrogen and oxygen atoms in total. The Labute approximate surface area is 177 Å². The van der Waals surface area contributed by atoms with Crippen molar-refractivity contribution >= 4 is 35.1 Å². The summed E-state index contributed by atoms with van der Waals surface area (Å²) in [7, 11) is 0. The van der Waals surface area contributed by atoms with Crippen LogP contribution in [0.2, 0.25) is 0 Å². The molecule has 2 heterocycles. The van der Waals surface area contributed by atoms with E-state index in [0.717, 1.165) is 16.7 Å². The summed E-state index contributed by atoms with van der Waals surface area (Å²) >= 11 is 1.52. The van der Waals surface area contributed by atoms with Gasteiger partial charge in [0, 0.05) is 5.57 Å². The molecule has 1 aliphatic carbocycles. The van der Waals surface area contributed by atoms with E-state index in [9.17, 15) is 19.5 Å². The molecule has 0 bridgehead atoms. The number of thioether (sulfide) groups is 1. The number of carboxylic acid groups (broad SMARTS) is 1. The maximum atomic E-state index is 12.7. The van der Waals surface area contributed by atoms with Gasteiger partial charge in [0.25, 0.3) is 5.91 Å². The molecule has 2 aromatic carbocycles. The molecule has 2 aromatic rings. The smallest absolute Gasteiger partial charge is 0.352 e. The molecule has 0 spiro atoms. The summed E-state index contributed by atoms with van der Waals surface area (Å²) in [5.41, 5.74) is 3.62. The molecule has 2 amide bonds. The zero-order chi connectivity index (χ0) is 20.8. The van der Waals surface area contributed by atoms with Crippen LogP contribution in [0.1, 0.15) is 11.1 Å². The van der Waals surface area contributed by atoms with Crippen molar-refractivity contribution in [3.63, 3.8) is 0 Å². The van der Waals surface area contributed by atoms with E-state index < -0.39 is 17.4 Å². The van der Waals surface area contributed by atoms with Gasteiger partial charge in [-0.15, -0.1) is 11.8 Å². The number of allylic oxidation sites excluding steroid dienone is 1. The predicted octanol–water partition coefficient (Wildman–Crippen LogP) is 2.43. The number of carbonyl (C=O) groups is 3. The molecule has 30 heavy (non-hydrogen) atoms. The van der Waals surface area contributed by atoms with Crippen LogP contribution in [-0.2, 0) is 20.8 Å². The van der Waals surface area contributed by atoms with Gasteiger partial charge in [0.05, 0.1) is 11.7 Å². The van der Waals surface area contributed by atoms with Crippen LogP contribution in [-0.4, -0.2) is 44.5 Å². The van der Waals surface area contributed by atoms with Crippen LogP contribution in [0.5, 0.6) is 0 Å². The standard InChI is InChI=1S/C23H18N2O4S/c26-17(11-13-7-3-1-4-8-13)24-18-21(27)25-19(23(28)29)16-12-15(20(16)30-22(18)25)14-9-5-2-6-10-14/h1-10,12,18,20,22H,11H2,(H,24,26)(H,28,29)/t18-,20-,22-/m1/s1. The second-order valence-corrected chi connectivity index (χ2v) is 8.62. The van der Waals surface area contributed by atoms with Crippen molar-refractivity contribution in [3.05, 3.63) is 89.1 Å². The van der Waals surface area contributed by atoms with E-state index in [-0.39, 0.29) is 29.2 Å². The Kier molecular flexibility index (Phi) is 4.47. The lowest BCUT2D eigenvalue weighted by Crippen LogP contribution is -2.71. The third kappa shape index (κ3) is 2.93. The zero-order valence-corrected chi connectivity index (χ0v) is 16.6. The van der Waals surface area contributed by atoms with Gasteiger partial charge in [0.2, 0.25) is 5.91 Å². The van der Waals surface area contributed by atoms with Gasteiger partial charge in [0.1, 0.15) is 17.1 Å². The fourth-order valence-corrected chi connectivity index (χ4v) is 5.71. The zero-order valence-electron chi connectivity index (χ0n) is 15.8. The highest BCUT2D eigenvalue weighted by atomic mass is 32.2. The largest absolute Gasteiger partial charge is 0.477 e. The number of β-lactam (4-membered cyclic amide) rings is 1. The Morgan fingerprint density at radius 3 is 2.37 bits per heavy atom. The van der Waals surface area contributed by atoms with Crippen LogP contribution in [0.3, 0.4) is 0 Å². The Morgan fingerprint density at radius 2 is 1.70 bits per heavy atom. The average molecular weight is 418 g/mol. The Morgan fingerprint density at radius 1 is 1.03 bits per heavy atom. The lowest BCUT2D eigenvalue weighted by atomic mass is 9.84. The topological polar surface area (TPSA) is 86.7 Å². The molecule has 7 heteroatoms. The highest BCUT2D eigenvalue weighted by Gasteiger charge is 2.57. The average Bonchev–Trinajstić information content (AvgIpc) is 2.73. The molecule has 1 saturated heterocycles. The molecule has 3 atom stereocenters. The highest BCUT2D eigenvalue weighted by Crippen LogP contribution is 2.53. The summed E-state index contributed by atoms with van der Waals surface area (Å²) in [4.78, 5) is 38.4. The minimum absolute atomic E-state index is 0.0296. The number of aliphatic carboxylic acids is 1. The van der Waals surface area contributed by atoms with E-state index in [1.54, 1.807) is 0 Å². The summed E-state index contributed by atoms with van der Waals surface area (Å²) in [6, 6.07) is 18.4. The Bertz CT molecular complexity index is 1110. The van der Waals surface area contributed by atoms with Gasteiger partial charge in [0.15, 0.2) is 0 Å². The highest BCUT2D eigenvalue weighted by molar-refractivity contribution is 8.01.